The molecule has 10 heteroatoms. The van der Waals surface area contributed by atoms with Gasteiger partial charge in [-0.25, -0.2) is 15.0 Å². The lowest BCUT2D eigenvalue weighted by molar-refractivity contribution is -0.0950. The molecule has 0 aromatic carbocycles. The standard InChI is InChI=1S/C18H24N6O4/c1-18(27)14(26)12(8-25)28-17(18)24-10-23-13-15(21-9-22-16(13)24)20-7-5-11-4-2-3-6-19-11/h4,6,9-10,12,14,17,25-27H,2-3,5,7-8H2,1H3,(H,20,21,22). The first-order valence-electron chi connectivity index (χ1n) is 9.32. The van der Waals surface area contributed by atoms with Gasteiger partial charge >= 0.3 is 0 Å². The molecule has 2 aliphatic rings. The number of aliphatic hydroxyl groups is 3. The van der Waals surface area contributed by atoms with Crippen LogP contribution in [0.5, 0.6) is 0 Å². The van der Waals surface area contributed by atoms with Crippen LogP contribution < -0.4 is 5.32 Å². The highest BCUT2D eigenvalue weighted by Gasteiger charge is 2.53. The van der Waals surface area contributed by atoms with Crippen LogP contribution in [0.4, 0.5) is 5.82 Å². The average Bonchev–Trinajstić information content (AvgIpc) is 3.22. The Morgan fingerprint density at radius 1 is 1.32 bits per heavy atom. The Hall–Kier alpha value is -2.40. The molecule has 4 atom stereocenters. The molecule has 2 aromatic rings. The maximum atomic E-state index is 10.7. The molecule has 4 N–H and O–H groups in total. The maximum Gasteiger partial charge on any atom is 0.168 e. The van der Waals surface area contributed by atoms with Crippen LogP contribution in [0.2, 0.25) is 0 Å². The molecule has 0 aliphatic carbocycles. The molecule has 0 spiro atoms. The van der Waals surface area contributed by atoms with Crippen molar-refractivity contribution < 1.29 is 20.1 Å². The van der Waals surface area contributed by atoms with Crippen LogP contribution in [-0.4, -0.2) is 72.0 Å². The average molecular weight is 388 g/mol. The number of imidazole rings is 1. The molecule has 2 aromatic heterocycles. The second-order valence-electron chi connectivity index (χ2n) is 7.19. The molecule has 1 saturated heterocycles. The van der Waals surface area contributed by atoms with Crippen molar-refractivity contribution in [3.8, 4) is 0 Å². The van der Waals surface area contributed by atoms with Crippen molar-refractivity contribution in [3.63, 3.8) is 0 Å². The van der Waals surface area contributed by atoms with Crippen molar-refractivity contribution in [1.82, 2.24) is 19.5 Å². The van der Waals surface area contributed by atoms with Crippen LogP contribution in [0.15, 0.2) is 29.4 Å². The van der Waals surface area contributed by atoms with Crippen molar-refractivity contribution in [2.24, 2.45) is 4.99 Å². The van der Waals surface area contributed by atoms with Crippen LogP contribution in [0, 0.1) is 0 Å². The number of anilines is 1. The van der Waals surface area contributed by atoms with E-state index in [1.54, 1.807) is 4.57 Å². The Morgan fingerprint density at radius 2 is 2.18 bits per heavy atom. The molecule has 28 heavy (non-hydrogen) atoms. The van der Waals surface area contributed by atoms with Gasteiger partial charge < -0.3 is 25.4 Å². The van der Waals surface area contributed by atoms with Gasteiger partial charge in [-0.05, 0) is 19.8 Å². The number of allylic oxidation sites excluding steroid dienone is 1. The summed E-state index contributed by atoms with van der Waals surface area (Å²) in [5.41, 5.74) is 0.438. The SMILES string of the molecule is CC1(O)C(O)C(CO)OC1n1cnc2c(NCCC3=CCCC=N3)ncnc21. The minimum absolute atomic E-state index is 0.402. The smallest absolute Gasteiger partial charge is 0.168 e. The van der Waals surface area contributed by atoms with Gasteiger partial charge in [0.05, 0.1) is 12.9 Å². The largest absolute Gasteiger partial charge is 0.394 e. The highest BCUT2D eigenvalue weighted by atomic mass is 16.6. The number of nitrogens with one attached hydrogen (secondary N) is 1. The van der Waals surface area contributed by atoms with Gasteiger partial charge in [-0.1, -0.05) is 6.08 Å². The summed E-state index contributed by atoms with van der Waals surface area (Å²) < 4.78 is 7.21. The molecule has 4 unspecified atom stereocenters. The Bertz CT molecular complexity index is 909. The molecule has 1 fully saturated rings. The summed E-state index contributed by atoms with van der Waals surface area (Å²) >= 11 is 0. The third-order valence-electron chi connectivity index (χ3n) is 5.15. The fourth-order valence-electron chi connectivity index (χ4n) is 3.58. The third-order valence-corrected chi connectivity index (χ3v) is 5.15. The second kappa shape index (κ2) is 7.55. The molecule has 0 amide bonds. The zero-order valence-corrected chi connectivity index (χ0v) is 15.6. The molecule has 4 rings (SSSR count). The van der Waals surface area contributed by atoms with E-state index in [4.69, 9.17) is 4.74 Å². The first-order valence-corrected chi connectivity index (χ1v) is 9.32. The number of hydrogen-bond acceptors (Lipinski definition) is 9. The van der Waals surface area contributed by atoms with Gasteiger partial charge in [0.2, 0.25) is 0 Å². The van der Waals surface area contributed by atoms with E-state index < -0.39 is 30.6 Å². The molecule has 2 aliphatic heterocycles. The Kier molecular flexibility index (Phi) is 5.11. The molecule has 0 radical (unpaired) electrons. The molecule has 4 heterocycles. The van der Waals surface area contributed by atoms with Gasteiger partial charge in [-0.15, -0.1) is 0 Å². The number of nitrogens with zero attached hydrogens (tertiary/aromatic N) is 5. The summed E-state index contributed by atoms with van der Waals surface area (Å²) in [6.45, 7) is 1.70. The number of ether oxygens (including phenoxy) is 1. The van der Waals surface area contributed by atoms with Gasteiger partial charge in [0.25, 0.3) is 0 Å². The molecule has 10 nitrogen and oxygen atoms in total. The molecule has 150 valence electrons. The zero-order valence-electron chi connectivity index (χ0n) is 15.6. The molecule has 0 saturated carbocycles. The molecular weight excluding hydrogens is 364 g/mol. The number of aliphatic hydroxyl groups excluding tert-OH is 2. The monoisotopic (exact) mass is 388 g/mol. The lowest BCUT2D eigenvalue weighted by Gasteiger charge is -2.27. The van der Waals surface area contributed by atoms with E-state index in [0.717, 1.165) is 25.0 Å². The number of fused-ring (bicyclic) bond motifs is 1. The second-order valence-corrected chi connectivity index (χ2v) is 7.19. The highest BCUT2D eigenvalue weighted by Crippen LogP contribution is 2.39. The van der Waals surface area contributed by atoms with Gasteiger partial charge in [0, 0.05) is 24.9 Å². The van der Waals surface area contributed by atoms with Crippen LogP contribution in [-0.2, 0) is 4.74 Å². The Balaban J connectivity index is 1.55. The summed E-state index contributed by atoms with van der Waals surface area (Å²) in [7, 11) is 0. The summed E-state index contributed by atoms with van der Waals surface area (Å²) in [5, 5.41) is 33.5. The van der Waals surface area contributed by atoms with Crippen molar-refractivity contribution >= 4 is 23.2 Å². The van der Waals surface area contributed by atoms with Gasteiger partial charge in [0.15, 0.2) is 23.2 Å². The van der Waals surface area contributed by atoms with Gasteiger partial charge in [0.1, 0.15) is 24.1 Å². The van der Waals surface area contributed by atoms with Crippen molar-refractivity contribution in [1.29, 1.82) is 0 Å². The number of aromatic nitrogens is 4. The van der Waals surface area contributed by atoms with E-state index in [9.17, 15) is 15.3 Å². The normalized spacial score (nSPS) is 30.0. The van der Waals surface area contributed by atoms with E-state index in [1.165, 1.54) is 19.6 Å². The topological polar surface area (TPSA) is 138 Å². The van der Waals surface area contributed by atoms with E-state index in [2.05, 4.69) is 31.3 Å². The summed E-state index contributed by atoms with van der Waals surface area (Å²) in [6, 6.07) is 0. The Morgan fingerprint density at radius 3 is 2.89 bits per heavy atom. The predicted octanol–water partition coefficient (Wildman–Crippen LogP) is 0.378. The van der Waals surface area contributed by atoms with Crippen LogP contribution >= 0.6 is 0 Å². The maximum absolute atomic E-state index is 10.7. The quantitative estimate of drug-likeness (QED) is 0.557. The van der Waals surface area contributed by atoms with Crippen molar-refractivity contribution in [2.45, 2.75) is 50.2 Å². The van der Waals surface area contributed by atoms with Crippen molar-refractivity contribution in [3.05, 3.63) is 24.4 Å². The Labute approximate surface area is 161 Å². The fourth-order valence-corrected chi connectivity index (χ4v) is 3.58. The predicted molar refractivity (Wildman–Crippen MR) is 102 cm³/mol. The first kappa shape index (κ1) is 18.9. The fraction of sp³-hybridized carbons (Fsp3) is 0.556. The number of aliphatic imine (C=N–C) groups is 1. The minimum atomic E-state index is -1.61. The van der Waals surface area contributed by atoms with Crippen LogP contribution in [0.1, 0.15) is 32.4 Å². The van der Waals surface area contributed by atoms with Gasteiger partial charge in [-0.2, -0.15) is 0 Å². The van der Waals surface area contributed by atoms with E-state index >= 15 is 0 Å². The summed E-state index contributed by atoms with van der Waals surface area (Å²) in [4.78, 5) is 17.3. The zero-order chi connectivity index (χ0) is 19.7. The number of rotatable bonds is 6. The molecule has 0 bridgehead atoms. The van der Waals surface area contributed by atoms with E-state index in [0.29, 0.717) is 23.5 Å². The summed E-state index contributed by atoms with van der Waals surface area (Å²) in [6.07, 6.45) is 6.68. The minimum Gasteiger partial charge on any atom is -0.394 e. The van der Waals surface area contributed by atoms with Crippen LogP contribution in [0.25, 0.3) is 11.2 Å². The highest BCUT2D eigenvalue weighted by molar-refractivity contribution is 5.82. The van der Waals surface area contributed by atoms with Crippen molar-refractivity contribution in [2.75, 3.05) is 18.5 Å². The molecular formula is C18H24N6O4. The van der Waals surface area contributed by atoms with E-state index in [1.807, 2.05) is 6.21 Å². The number of hydrogen-bond donors (Lipinski definition) is 4. The summed E-state index contributed by atoms with van der Waals surface area (Å²) in [5.74, 6) is 0.570. The van der Waals surface area contributed by atoms with Gasteiger partial charge in [-0.3, -0.25) is 9.56 Å². The third kappa shape index (κ3) is 3.28. The lowest BCUT2D eigenvalue weighted by Crippen LogP contribution is -2.44. The first-order chi connectivity index (χ1) is 13.5. The lowest BCUT2D eigenvalue weighted by atomic mass is 9.96. The van der Waals surface area contributed by atoms with E-state index in [-0.39, 0.29) is 0 Å². The van der Waals surface area contributed by atoms with Crippen LogP contribution in [0.3, 0.4) is 0 Å².